The lowest BCUT2D eigenvalue weighted by molar-refractivity contribution is 0.102. The average Bonchev–Trinajstić information content (AvgIpc) is 3.14. The summed E-state index contributed by atoms with van der Waals surface area (Å²) in [7, 11) is 0. The average molecular weight is 364 g/mol. The molecule has 0 spiro atoms. The van der Waals surface area contributed by atoms with Crippen molar-refractivity contribution < 1.29 is 9.18 Å². The standard InChI is InChI=1S/C20H17FN4O2/c1-11-9-16(12(2)25(11)15-6-3-13(21)4-7-15)19(26)22-14-5-8-17-18(10-14)24-20(27)23-17/h3-10H,1-2H3,(H,22,26)(H2,23,24,27). The van der Waals surface area contributed by atoms with Gasteiger partial charge < -0.3 is 19.9 Å². The fraction of sp³-hybridized carbons (Fsp3) is 0.100. The summed E-state index contributed by atoms with van der Waals surface area (Å²) in [6.07, 6.45) is 0. The number of imidazole rings is 1. The number of carbonyl (C=O) groups excluding carboxylic acids is 1. The lowest BCUT2D eigenvalue weighted by Gasteiger charge is -2.10. The summed E-state index contributed by atoms with van der Waals surface area (Å²) >= 11 is 0. The molecule has 0 bridgehead atoms. The van der Waals surface area contributed by atoms with Crippen molar-refractivity contribution in [3.05, 3.63) is 81.8 Å². The molecule has 2 aromatic heterocycles. The summed E-state index contributed by atoms with van der Waals surface area (Å²) < 4.78 is 15.1. The molecular weight excluding hydrogens is 347 g/mol. The van der Waals surface area contributed by atoms with Gasteiger partial charge >= 0.3 is 5.69 Å². The van der Waals surface area contributed by atoms with Crippen LogP contribution >= 0.6 is 0 Å². The van der Waals surface area contributed by atoms with E-state index in [1.807, 2.05) is 18.4 Å². The molecule has 0 aliphatic rings. The molecule has 4 rings (SSSR count). The second kappa shape index (κ2) is 6.28. The quantitative estimate of drug-likeness (QED) is 0.518. The van der Waals surface area contributed by atoms with Gasteiger partial charge in [0.05, 0.1) is 16.6 Å². The molecule has 0 unspecified atom stereocenters. The molecule has 2 heterocycles. The topological polar surface area (TPSA) is 82.7 Å². The Hall–Kier alpha value is -3.61. The van der Waals surface area contributed by atoms with Crippen molar-refractivity contribution in [1.82, 2.24) is 14.5 Å². The number of fused-ring (bicyclic) bond motifs is 1. The molecule has 7 heteroatoms. The number of aromatic nitrogens is 3. The first kappa shape index (κ1) is 16.8. The number of hydrogen-bond donors (Lipinski definition) is 3. The number of amides is 1. The molecule has 6 nitrogen and oxygen atoms in total. The third kappa shape index (κ3) is 3.03. The molecule has 4 aromatic rings. The van der Waals surface area contributed by atoms with Crippen LogP contribution in [0.15, 0.2) is 53.3 Å². The predicted octanol–water partition coefficient (Wildman–Crippen LogP) is 3.66. The molecule has 0 saturated carbocycles. The Labute approximate surface area is 153 Å². The molecule has 0 saturated heterocycles. The first-order chi connectivity index (χ1) is 12.9. The summed E-state index contributed by atoms with van der Waals surface area (Å²) in [6, 6.07) is 13.1. The van der Waals surface area contributed by atoms with E-state index in [1.165, 1.54) is 12.1 Å². The third-order valence-electron chi connectivity index (χ3n) is 4.53. The zero-order chi connectivity index (χ0) is 19.1. The molecule has 1 amide bonds. The number of benzene rings is 2. The maximum Gasteiger partial charge on any atom is 0.323 e. The highest BCUT2D eigenvalue weighted by atomic mass is 19.1. The van der Waals surface area contributed by atoms with E-state index >= 15 is 0 Å². The van der Waals surface area contributed by atoms with E-state index in [0.29, 0.717) is 22.3 Å². The van der Waals surface area contributed by atoms with Gasteiger partial charge in [0.15, 0.2) is 0 Å². The van der Waals surface area contributed by atoms with Gasteiger partial charge in [-0.1, -0.05) is 0 Å². The number of aromatic amines is 2. The van der Waals surface area contributed by atoms with Gasteiger partial charge in [0.1, 0.15) is 5.82 Å². The predicted molar refractivity (Wildman–Crippen MR) is 102 cm³/mol. The zero-order valence-electron chi connectivity index (χ0n) is 14.8. The van der Waals surface area contributed by atoms with Crippen LogP contribution in [0.3, 0.4) is 0 Å². The van der Waals surface area contributed by atoms with Crippen molar-refractivity contribution in [3.63, 3.8) is 0 Å². The maximum atomic E-state index is 13.2. The van der Waals surface area contributed by atoms with Crippen molar-refractivity contribution in [2.24, 2.45) is 0 Å². The molecule has 2 aromatic carbocycles. The van der Waals surface area contributed by atoms with Gasteiger partial charge in [0.2, 0.25) is 0 Å². The second-order valence-electron chi connectivity index (χ2n) is 6.39. The number of anilines is 1. The van der Waals surface area contributed by atoms with E-state index in [1.54, 1.807) is 36.4 Å². The van der Waals surface area contributed by atoms with Gasteiger partial charge in [0, 0.05) is 22.8 Å². The molecule has 136 valence electrons. The number of nitrogens with zero attached hydrogens (tertiary/aromatic N) is 1. The number of nitrogens with one attached hydrogen (secondary N) is 3. The SMILES string of the molecule is Cc1cc(C(=O)Nc2ccc3[nH]c(=O)[nH]c3c2)c(C)n1-c1ccc(F)cc1. The van der Waals surface area contributed by atoms with E-state index in [2.05, 4.69) is 15.3 Å². The summed E-state index contributed by atoms with van der Waals surface area (Å²) in [4.78, 5) is 29.4. The monoisotopic (exact) mass is 364 g/mol. The molecule has 0 atom stereocenters. The van der Waals surface area contributed by atoms with Crippen LogP contribution in [0, 0.1) is 19.7 Å². The second-order valence-corrected chi connectivity index (χ2v) is 6.39. The van der Waals surface area contributed by atoms with Crippen molar-refractivity contribution >= 4 is 22.6 Å². The number of carbonyl (C=O) groups is 1. The van der Waals surface area contributed by atoms with Crippen molar-refractivity contribution in [3.8, 4) is 5.69 Å². The van der Waals surface area contributed by atoms with E-state index in [9.17, 15) is 14.0 Å². The summed E-state index contributed by atoms with van der Waals surface area (Å²) in [6.45, 7) is 3.74. The lowest BCUT2D eigenvalue weighted by Crippen LogP contribution is -2.13. The van der Waals surface area contributed by atoms with Crippen LogP contribution in [0.4, 0.5) is 10.1 Å². The molecular formula is C20H17FN4O2. The van der Waals surface area contributed by atoms with E-state index in [4.69, 9.17) is 0 Å². The highest BCUT2D eigenvalue weighted by molar-refractivity contribution is 6.06. The van der Waals surface area contributed by atoms with E-state index < -0.39 is 0 Å². The Balaban J connectivity index is 1.66. The zero-order valence-corrected chi connectivity index (χ0v) is 14.8. The molecule has 0 radical (unpaired) electrons. The number of halogens is 1. The number of H-pyrrole nitrogens is 2. The minimum absolute atomic E-state index is 0.256. The summed E-state index contributed by atoms with van der Waals surface area (Å²) in [5.74, 6) is -0.564. The van der Waals surface area contributed by atoms with Crippen LogP contribution in [0.5, 0.6) is 0 Å². The summed E-state index contributed by atoms with van der Waals surface area (Å²) in [5.41, 5.74) is 4.52. The molecule has 0 fully saturated rings. The smallest absolute Gasteiger partial charge is 0.322 e. The van der Waals surface area contributed by atoms with Gasteiger partial charge in [-0.15, -0.1) is 0 Å². The molecule has 3 N–H and O–H groups in total. The van der Waals surface area contributed by atoms with Gasteiger partial charge in [-0.05, 0) is 62.4 Å². The van der Waals surface area contributed by atoms with Crippen molar-refractivity contribution in [2.75, 3.05) is 5.32 Å². The Morgan fingerprint density at radius 2 is 1.70 bits per heavy atom. The van der Waals surface area contributed by atoms with Crippen molar-refractivity contribution in [1.29, 1.82) is 0 Å². The normalized spacial score (nSPS) is 11.1. The highest BCUT2D eigenvalue weighted by Crippen LogP contribution is 2.23. The van der Waals surface area contributed by atoms with Gasteiger partial charge in [-0.25, -0.2) is 9.18 Å². The lowest BCUT2D eigenvalue weighted by atomic mass is 10.2. The van der Waals surface area contributed by atoms with Crippen LogP contribution in [0.2, 0.25) is 0 Å². The minimum Gasteiger partial charge on any atom is -0.322 e. The van der Waals surface area contributed by atoms with Crippen LogP contribution in [-0.2, 0) is 0 Å². The number of hydrogen-bond acceptors (Lipinski definition) is 2. The largest absolute Gasteiger partial charge is 0.323 e. The van der Waals surface area contributed by atoms with Gasteiger partial charge in [0.25, 0.3) is 5.91 Å². The first-order valence-electron chi connectivity index (χ1n) is 8.40. The highest BCUT2D eigenvalue weighted by Gasteiger charge is 2.17. The first-order valence-corrected chi connectivity index (χ1v) is 8.40. The number of rotatable bonds is 3. The van der Waals surface area contributed by atoms with Crippen molar-refractivity contribution in [2.45, 2.75) is 13.8 Å². The summed E-state index contributed by atoms with van der Waals surface area (Å²) in [5, 5.41) is 2.85. The molecule has 27 heavy (non-hydrogen) atoms. The molecule has 0 aliphatic heterocycles. The Morgan fingerprint density at radius 1 is 1.00 bits per heavy atom. The maximum absolute atomic E-state index is 13.2. The van der Waals surface area contributed by atoms with Gasteiger partial charge in [-0.2, -0.15) is 0 Å². The van der Waals surface area contributed by atoms with Gasteiger partial charge in [-0.3, -0.25) is 4.79 Å². The number of aryl methyl sites for hydroxylation is 1. The Bertz CT molecular complexity index is 1220. The fourth-order valence-corrected chi connectivity index (χ4v) is 3.29. The van der Waals surface area contributed by atoms with Crippen LogP contribution in [0.1, 0.15) is 21.7 Å². The third-order valence-corrected chi connectivity index (χ3v) is 4.53. The van der Waals surface area contributed by atoms with Crippen LogP contribution in [-0.4, -0.2) is 20.4 Å². The van der Waals surface area contributed by atoms with E-state index in [-0.39, 0.29) is 17.4 Å². The Morgan fingerprint density at radius 3 is 2.44 bits per heavy atom. The Kier molecular flexibility index (Phi) is 3.92. The fourth-order valence-electron chi connectivity index (χ4n) is 3.29. The minimum atomic E-state index is -0.308. The van der Waals surface area contributed by atoms with E-state index in [0.717, 1.165) is 17.1 Å². The van der Waals surface area contributed by atoms with Crippen LogP contribution < -0.4 is 11.0 Å². The molecule has 0 aliphatic carbocycles. The van der Waals surface area contributed by atoms with Crippen LogP contribution in [0.25, 0.3) is 16.7 Å².